The molecule has 0 radical (unpaired) electrons. The Morgan fingerprint density at radius 3 is 0.682 bits per heavy atom. The highest BCUT2D eigenvalue weighted by molar-refractivity contribution is 6.10. The second-order valence-corrected chi connectivity index (χ2v) is 28.1. The predicted octanol–water partition coefficient (Wildman–Crippen LogP) is 26.9. The van der Waals surface area contributed by atoms with Crippen LogP contribution in [0.5, 0.6) is 0 Å². The van der Waals surface area contributed by atoms with Crippen LogP contribution in [0.2, 0.25) is 0 Å². The van der Waals surface area contributed by atoms with Crippen LogP contribution >= 0.6 is 0 Å². The molecule has 7 nitrogen and oxygen atoms in total. The predicted molar refractivity (Wildman–Crippen MR) is 460 cm³/mol. The van der Waals surface area contributed by atoms with Crippen molar-refractivity contribution in [3.05, 3.63) is 435 Å². The van der Waals surface area contributed by atoms with Crippen LogP contribution in [-0.2, 0) is 0 Å². The molecule has 0 unspecified atom stereocenters. The number of aromatic nitrogens is 4. The lowest BCUT2D eigenvalue weighted by atomic mass is 9.93. The summed E-state index contributed by atoms with van der Waals surface area (Å²) in [6.45, 7) is 0. The number of nitrogens with zero attached hydrogens (tertiary/aromatic N) is 6. The summed E-state index contributed by atoms with van der Waals surface area (Å²) in [5.74, 6) is 0. The largest absolute Gasteiger partial charge is 0.338 e. The van der Waals surface area contributed by atoms with E-state index in [0.717, 1.165) is 157 Å². The van der Waals surface area contributed by atoms with E-state index in [2.05, 4.69) is 419 Å². The van der Waals surface area contributed by atoms with E-state index in [4.69, 9.17) is 0 Å². The van der Waals surface area contributed by atoms with E-state index < -0.39 is 0 Å². The van der Waals surface area contributed by atoms with Gasteiger partial charge in [-0.15, -0.1) is 0 Å². The molecule has 0 spiro atoms. The Labute approximate surface area is 637 Å². The van der Waals surface area contributed by atoms with Crippen LogP contribution in [0.4, 0.5) is 34.1 Å². The molecule has 0 atom stereocenters. The molecule has 0 N–H and O–H groups in total. The number of benzene rings is 17. The second kappa shape index (κ2) is 27.6. The van der Waals surface area contributed by atoms with Crippen molar-refractivity contribution in [3.8, 4) is 89.5 Å². The maximum absolute atomic E-state index is 15.5. The van der Waals surface area contributed by atoms with Crippen molar-refractivity contribution in [2.24, 2.45) is 0 Å². The van der Waals surface area contributed by atoms with Gasteiger partial charge in [0.2, 0.25) is 0 Å². The minimum atomic E-state index is -0.158. The van der Waals surface area contributed by atoms with Gasteiger partial charge in [0.05, 0.1) is 44.5 Å². The van der Waals surface area contributed by atoms with Crippen LogP contribution < -0.4 is 15.5 Å². The van der Waals surface area contributed by atoms with Gasteiger partial charge < -0.3 is 18.9 Å². The Kier molecular flexibility index (Phi) is 16.3. The molecule has 0 amide bonds. The van der Waals surface area contributed by atoms with Crippen molar-refractivity contribution >= 4 is 88.8 Å². The number of hydrogen-bond donors (Lipinski definition) is 0. The molecule has 0 fully saturated rings. The number of fused-ring (bicyclic) bond motifs is 7. The molecule has 0 saturated carbocycles. The van der Waals surface area contributed by atoms with Gasteiger partial charge in [0.25, 0.3) is 0 Å². The monoisotopic (exact) mass is 1410 g/mol. The normalized spacial score (nSPS) is 11.5. The third-order valence-electron chi connectivity index (χ3n) is 21.5. The third-order valence-corrected chi connectivity index (χ3v) is 21.5. The van der Waals surface area contributed by atoms with E-state index in [1.807, 2.05) is 33.4 Å². The summed E-state index contributed by atoms with van der Waals surface area (Å²) in [6.07, 6.45) is 0. The van der Waals surface area contributed by atoms with Gasteiger partial charge in [0.1, 0.15) is 0 Å². The minimum Gasteiger partial charge on any atom is -0.311 e. The summed E-state index contributed by atoms with van der Waals surface area (Å²) in [5, 5.41) is 4.90. The summed E-state index contributed by atoms with van der Waals surface area (Å²) in [7, 11) is 0. The van der Waals surface area contributed by atoms with Gasteiger partial charge >= 0.3 is 5.69 Å². The third kappa shape index (κ3) is 11.7. The molecule has 7 heteroatoms. The Morgan fingerprint density at radius 1 is 0.155 bits per heavy atom. The zero-order valence-corrected chi connectivity index (χ0v) is 60.0. The maximum atomic E-state index is 15.5. The van der Waals surface area contributed by atoms with Crippen molar-refractivity contribution in [1.82, 2.24) is 18.3 Å². The van der Waals surface area contributed by atoms with Crippen LogP contribution in [-0.4, -0.2) is 18.3 Å². The molecular formula is C103H70N6O. The van der Waals surface area contributed by atoms with Crippen molar-refractivity contribution in [1.29, 1.82) is 0 Å². The summed E-state index contributed by atoms with van der Waals surface area (Å²) in [4.78, 5) is 20.1. The molecule has 0 aliphatic rings. The average molecular weight is 1410 g/mol. The molecule has 0 aliphatic carbocycles. The fourth-order valence-corrected chi connectivity index (χ4v) is 16.4. The number of imidazole rings is 1. The highest BCUT2D eigenvalue weighted by Crippen LogP contribution is 2.43. The lowest BCUT2D eigenvalue weighted by Gasteiger charge is -2.25. The van der Waals surface area contributed by atoms with Gasteiger partial charge in [-0.2, -0.15) is 0 Å². The molecule has 518 valence electrons. The SMILES string of the molecule is O=c1n(-c2ccc(-c3cc(-c4ccc(N(c5ccccc5)c5ccccc5)cc4)cc(-c4ccc(N(c5ccccc5)c5ccccc5)cc4)c3)cc2)c2ccccc2n1-c1ccc(-c2cc(-c3cccc(-n4c5ccccc5c5ccccc54)c3)cc(-c3cccc(-n4c5ccccc5c5ccccc54)c3)c2)cc1. The van der Waals surface area contributed by atoms with E-state index in [9.17, 15) is 0 Å². The second-order valence-electron chi connectivity index (χ2n) is 28.1. The molecule has 0 saturated heterocycles. The van der Waals surface area contributed by atoms with Crippen LogP contribution in [0.1, 0.15) is 0 Å². The maximum Gasteiger partial charge on any atom is 0.338 e. The summed E-state index contributed by atoms with van der Waals surface area (Å²) in [6, 6.07) is 151. The quantitative estimate of drug-likeness (QED) is 0.0968. The van der Waals surface area contributed by atoms with Crippen molar-refractivity contribution in [3.63, 3.8) is 0 Å². The zero-order chi connectivity index (χ0) is 73.0. The fraction of sp³-hybridized carbons (Fsp3) is 0. The Balaban J connectivity index is 0.662. The molecule has 110 heavy (non-hydrogen) atoms. The highest BCUT2D eigenvalue weighted by Gasteiger charge is 2.22. The molecule has 17 aromatic carbocycles. The molecule has 20 aromatic rings. The number of rotatable bonds is 16. The van der Waals surface area contributed by atoms with Crippen molar-refractivity contribution in [2.45, 2.75) is 0 Å². The van der Waals surface area contributed by atoms with Gasteiger partial charge in [-0.3, -0.25) is 9.13 Å². The highest BCUT2D eigenvalue weighted by atomic mass is 16.1. The van der Waals surface area contributed by atoms with E-state index in [1.54, 1.807) is 0 Å². The summed E-state index contributed by atoms with van der Waals surface area (Å²) < 4.78 is 8.46. The molecule has 20 rings (SSSR count). The van der Waals surface area contributed by atoms with Crippen LogP contribution in [0.15, 0.2) is 429 Å². The first kappa shape index (κ1) is 64.8. The molecular weight excluding hydrogens is 1340 g/mol. The Morgan fingerprint density at radius 2 is 0.391 bits per heavy atom. The fourth-order valence-electron chi connectivity index (χ4n) is 16.4. The Bertz CT molecular complexity index is 6370. The minimum absolute atomic E-state index is 0.158. The molecule has 3 aromatic heterocycles. The lowest BCUT2D eigenvalue weighted by molar-refractivity contribution is 0.931. The Hall–Kier alpha value is -14.8. The number of anilines is 6. The zero-order valence-electron chi connectivity index (χ0n) is 60.0. The van der Waals surface area contributed by atoms with Gasteiger partial charge in [-0.05, 0) is 261 Å². The molecule has 3 heterocycles. The molecule has 0 aliphatic heterocycles. The topological polar surface area (TPSA) is 43.3 Å². The van der Waals surface area contributed by atoms with E-state index in [-0.39, 0.29) is 5.69 Å². The molecule has 0 bridgehead atoms. The van der Waals surface area contributed by atoms with Gasteiger partial charge in [-0.25, -0.2) is 4.79 Å². The number of hydrogen-bond acceptors (Lipinski definition) is 3. The van der Waals surface area contributed by atoms with E-state index in [1.165, 1.54) is 21.5 Å². The lowest BCUT2D eigenvalue weighted by Crippen LogP contribution is -2.22. The van der Waals surface area contributed by atoms with Gasteiger partial charge in [0, 0.05) is 67.0 Å². The first-order valence-corrected chi connectivity index (χ1v) is 37.4. The van der Waals surface area contributed by atoms with Crippen molar-refractivity contribution < 1.29 is 0 Å². The summed E-state index contributed by atoms with van der Waals surface area (Å²) in [5.41, 5.74) is 29.2. The van der Waals surface area contributed by atoms with Crippen LogP contribution in [0.25, 0.3) is 144 Å². The van der Waals surface area contributed by atoms with Crippen molar-refractivity contribution in [2.75, 3.05) is 9.80 Å². The van der Waals surface area contributed by atoms with E-state index in [0.29, 0.717) is 0 Å². The van der Waals surface area contributed by atoms with Gasteiger partial charge in [0.15, 0.2) is 0 Å². The van der Waals surface area contributed by atoms with Crippen LogP contribution in [0.3, 0.4) is 0 Å². The first-order valence-electron chi connectivity index (χ1n) is 37.4. The smallest absolute Gasteiger partial charge is 0.311 e. The average Bonchev–Trinajstić information content (AvgIpc) is 1.60. The summed E-state index contributed by atoms with van der Waals surface area (Å²) >= 11 is 0. The first-order chi connectivity index (χ1) is 54.5. The standard InChI is InChI=1S/C103H70N6O/c110-103-108(89-59-51-73(52-60-89)79-64-77(71-47-55-87(56-48-71)104(83-27-5-1-6-28-83)84-29-7-2-8-30-84)63-78(65-79)72-49-57-88(58-50-72)105(85-31-9-3-10-32-85)86-33-11-4-12-34-86)101-45-21-22-46-102(101)109(103)90-61-53-74(54-62-90)80-66-81(75-25-23-35-91(69-75)106-97-41-17-13-37-93(97)94-38-14-18-42-98(94)106)68-82(67-80)76-26-24-36-92(70-76)107-99-43-19-15-39-95(99)96-40-16-20-44-100(96)107/h1-70H. The van der Waals surface area contributed by atoms with Gasteiger partial charge in [-0.1, -0.05) is 231 Å². The van der Waals surface area contributed by atoms with Crippen LogP contribution in [0, 0.1) is 0 Å². The number of para-hydroxylation sites is 10. The van der Waals surface area contributed by atoms with E-state index >= 15 is 4.79 Å².